The van der Waals surface area contributed by atoms with Gasteiger partial charge in [0.1, 0.15) is 6.04 Å². The minimum atomic E-state index is -0.492. The van der Waals surface area contributed by atoms with Crippen molar-refractivity contribution in [1.29, 1.82) is 0 Å². The van der Waals surface area contributed by atoms with Gasteiger partial charge in [-0.3, -0.25) is 9.78 Å². The Balaban J connectivity index is 1.69. The molecule has 3 N–H and O–H groups in total. The Labute approximate surface area is 160 Å². The Morgan fingerprint density at radius 1 is 1.26 bits per heavy atom. The first-order chi connectivity index (χ1) is 13.1. The van der Waals surface area contributed by atoms with Gasteiger partial charge in [-0.05, 0) is 24.1 Å². The summed E-state index contributed by atoms with van der Waals surface area (Å²) in [5.41, 5.74) is 8.82. The van der Waals surface area contributed by atoms with Gasteiger partial charge in [0.25, 0.3) is 0 Å². The van der Waals surface area contributed by atoms with Gasteiger partial charge in [0.2, 0.25) is 17.0 Å². The number of primary amides is 1. The number of carbonyl (C=O) groups excluding carboxylic acids is 1. The van der Waals surface area contributed by atoms with Crippen LogP contribution in [0.5, 0.6) is 0 Å². The third kappa shape index (κ3) is 3.43. The number of pyridine rings is 1. The fraction of sp³-hybridized carbons (Fsp3) is 0.158. The maximum absolute atomic E-state index is 12.1. The molecular weight excluding hydrogens is 360 g/mol. The summed E-state index contributed by atoms with van der Waals surface area (Å²) in [5.74, 6) is 0.854. The van der Waals surface area contributed by atoms with E-state index in [0.717, 1.165) is 11.3 Å². The molecule has 0 spiro atoms. The van der Waals surface area contributed by atoms with Crippen molar-refractivity contribution in [3.05, 3.63) is 77.3 Å². The highest BCUT2D eigenvalue weighted by molar-refractivity contribution is 7.98. The van der Waals surface area contributed by atoms with Crippen molar-refractivity contribution in [2.24, 2.45) is 5.73 Å². The van der Waals surface area contributed by atoms with Crippen LogP contribution in [0.4, 0.5) is 5.95 Å². The van der Waals surface area contributed by atoms with Gasteiger partial charge in [0, 0.05) is 23.8 Å². The van der Waals surface area contributed by atoms with Gasteiger partial charge < -0.3 is 11.1 Å². The number of nitrogens with zero attached hydrogens (tertiary/aromatic N) is 4. The molecule has 8 heteroatoms. The summed E-state index contributed by atoms with van der Waals surface area (Å²) in [7, 11) is 0. The molecule has 136 valence electrons. The molecule has 1 aliphatic rings. The molecule has 1 atom stereocenters. The number of allylic oxidation sites excluding steroid dienone is 1. The fourth-order valence-electron chi connectivity index (χ4n) is 3.08. The van der Waals surface area contributed by atoms with Crippen LogP contribution in [0.1, 0.15) is 24.1 Å². The van der Waals surface area contributed by atoms with Crippen molar-refractivity contribution < 1.29 is 4.79 Å². The first kappa shape index (κ1) is 17.3. The number of hydrogen-bond acceptors (Lipinski definition) is 6. The molecule has 0 radical (unpaired) electrons. The Kier molecular flexibility index (Phi) is 4.64. The summed E-state index contributed by atoms with van der Waals surface area (Å²) in [5, 5.41) is 8.40. The van der Waals surface area contributed by atoms with Crippen LogP contribution in [0.25, 0.3) is 0 Å². The minimum Gasteiger partial charge on any atom is -0.366 e. The number of thioether (sulfide) groups is 1. The van der Waals surface area contributed by atoms with Gasteiger partial charge in [-0.2, -0.15) is 4.98 Å². The highest BCUT2D eigenvalue weighted by Gasteiger charge is 2.33. The molecular formula is C19H18N6OS. The van der Waals surface area contributed by atoms with E-state index in [9.17, 15) is 4.79 Å². The average molecular weight is 378 g/mol. The number of fused-ring (bicyclic) bond motifs is 1. The number of benzene rings is 1. The Bertz CT molecular complexity index is 1000. The number of rotatable bonds is 5. The molecule has 0 saturated carbocycles. The number of hydrogen-bond donors (Lipinski definition) is 2. The van der Waals surface area contributed by atoms with Crippen molar-refractivity contribution in [2.75, 3.05) is 5.32 Å². The number of amides is 1. The van der Waals surface area contributed by atoms with Crippen molar-refractivity contribution in [3.63, 3.8) is 0 Å². The standard InChI is InChI=1S/C19H18N6OS/c1-12-15(17(20)26)16(14-8-5-9-21-10-14)25-18(22-12)23-19(24-25)27-11-13-6-3-2-4-7-13/h2-10,16H,11H2,1H3,(H2,20,26)(H,22,23,24)/t16-/m1/s1. The third-order valence-corrected chi connectivity index (χ3v) is 5.22. The van der Waals surface area contributed by atoms with Gasteiger partial charge in [-0.25, -0.2) is 4.68 Å². The normalized spacial score (nSPS) is 16.0. The molecule has 0 aliphatic carbocycles. The van der Waals surface area contributed by atoms with Crippen molar-refractivity contribution in [2.45, 2.75) is 23.9 Å². The summed E-state index contributed by atoms with van der Waals surface area (Å²) in [6.45, 7) is 1.82. The molecule has 1 amide bonds. The van der Waals surface area contributed by atoms with Crippen LogP contribution in [-0.2, 0) is 10.5 Å². The fourth-order valence-corrected chi connectivity index (χ4v) is 3.86. The monoisotopic (exact) mass is 378 g/mol. The summed E-state index contributed by atoms with van der Waals surface area (Å²) in [4.78, 5) is 20.9. The van der Waals surface area contributed by atoms with E-state index >= 15 is 0 Å². The Hall–Kier alpha value is -3.13. The zero-order valence-corrected chi connectivity index (χ0v) is 15.5. The molecule has 1 aromatic carbocycles. The second-order valence-electron chi connectivity index (χ2n) is 6.15. The molecule has 27 heavy (non-hydrogen) atoms. The third-order valence-electron chi connectivity index (χ3n) is 4.31. The topological polar surface area (TPSA) is 98.7 Å². The van der Waals surface area contributed by atoms with E-state index in [-0.39, 0.29) is 0 Å². The lowest BCUT2D eigenvalue weighted by Crippen LogP contribution is -2.31. The van der Waals surface area contributed by atoms with Crippen LogP contribution in [0.15, 0.2) is 71.3 Å². The van der Waals surface area contributed by atoms with Crippen LogP contribution in [0.3, 0.4) is 0 Å². The van der Waals surface area contributed by atoms with E-state index in [0.29, 0.717) is 22.4 Å². The summed E-state index contributed by atoms with van der Waals surface area (Å²) in [6, 6.07) is 13.4. The molecule has 0 fully saturated rings. The second kappa shape index (κ2) is 7.24. The number of carbonyl (C=O) groups is 1. The van der Waals surface area contributed by atoms with Crippen LogP contribution >= 0.6 is 11.8 Å². The molecule has 4 rings (SSSR count). The van der Waals surface area contributed by atoms with E-state index in [2.05, 4.69) is 32.5 Å². The van der Waals surface area contributed by atoms with Crippen LogP contribution in [0.2, 0.25) is 0 Å². The predicted octanol–water partition coefficient (Wildman–Crippen LogP) is 2.74. The van der Waals surface area contributed by atoms with E-state index < -0.39 is 11.9 Å². The molecule has 0 saturated heterocycles. The Morgan fingerprint density at radius 3 is 2.78 bits per heavy atom. The SMILES string of the molecule is CC1=C(C(N)=O)[C@@H](c2cccnc2)n2nc(SCc3ccccc3)nc2N1. The second-order valence-corrected chi connectivity index (χ2v) is 7.10. The lowest BCUT2D eigenvalue weighted by Gasteiger charge is -2.27. The van der Waals surface area contributed by atoms with Crippen LogP contribution in [-0.4, -0.2) is 25.7 Å². The molecule has 3 aromatic rings. The highest BCUT2D eigenvalue weighted by atomic mass is 32.2. The Morgan fingerprint density at radius 2 is 2.07 bits per heavy atom. The van der Waals surface area contributed by atoms with E-state index in [1.54, 1.807) is 28.8 Å². The zero-order chi connectivity index (χ0) is 18.8. The van der Waals surface area contributed by atoms with Gasteiger partial charge >= 0.3 is 0 Å². The molecule has 7 nitrogen and oxygen atoms in total. The summed E-state index contributed by atoms with van der Waals surface area (Å²) < 4.78 is 1.71. The number of anilines is 1. The smallest absolute Gasteiger partial charge is 0.248 e. The average Bonchev–Trinajstić information content (AvgIpc) is 3.09. The van der Waals surface area contributed by atoms with Gasteiger partial charge in [0.15, 0.2) is 0 Å². The highest BCUT2D eigenvalue weighted by Crippen LogP contribution is 2.35. The summed E-state index contributed by atoms with van der Waals surface area (Å²) in [6.07, 6.45) is 3.41. The predicted molar refractivity (Wildman–Crippen MR) is 104 cm³/mol. The largest absolute Gasteiger partial charge is 0.366 e. The van der Waals surface area contributed by atoms with Crippen LogP contribution < -0.4 is 11.1 Å². The van der Waals surface area contributed by atoms with Crippen molar-refractivity contribution in [3.8, 4) is 0 Å². The lowest BCUT2D eigenvalue weighted by atomic mass is 9.97. The summed E-state index contributed by atoms with van der Waals surface area (Å²) >= 11 is 1.54. The molecule has 0 bridgehead atoms. The zero-order valence-electron chi connectivity index (χ0n) is 14.7. The number of aromatic nitrogens is 4. The first-order valence-electron chi connectivity index (χ1n) is 8.44. The van der Waals surface area contributed by atoms with Crippen molar-refractivity contribution >= 4 is 23.6 Å². The maximum atomic E-state index is 12.1. The van der Waals surface area contributed by atoms with E-state index in [1.807, 2.05) is 37.3 Å². The number of nitrogens with one attached hydrogen (secondary N) is 1. The molecule has 2 aromatic heterocycles. The maximum Gasteiger partial charge on any atom is 0.248 e. The quantitative estimate of drug-likeness (QED) is 0.663. The molecule has 0 unspecified atom stereocenters. The minimum absolute atomic E-state index is 0.453. The van der Waals surface area contributed by atoms with Gasteiger partial charge in [-0.1, -0.05) is 48.2 Å². The first-order valence-corrected chi connectivity index (χ1v) is 9.43. The van der Waals surface area contributed by atoms with E-state index in [4.69, 9.17) is 5.73 Å². The molecule has 1 aliphatic heterocycles. The van der Waals surface area contributed by atoms with E-state index in [1.165, 1.54) is 5.56 Å². The van der Waals surface area contributed by atoms with Gasteiger partial charge in [-0.15, -0.1) is 5.10 Å². The van der Waals surface area contributed by atoms with Crippen LogP contribution in [0, 0.1) is 0 Å². The number of nitrogens with two attached hydrogens (primary N) is 1. The lowest BCUT2D eigenvalue weighted by molar-refractivity contribution is -0.115. The van der Waals surface area contributed by atoms with Crippen molar-refractivity contribution in [1.82, 2.24) is 19.7 Å². The molecule has 3 heterocycles. The van der Waals surface area contributed by atoms with Gasteiger partial charge in [0.05, 0.1) is 5.57 Å².